The molecule has 23 heavy (non-hydrogen) atoms. The van der Waals surface area contributed by atoms with Gasteiger partial charge in [0.05, 0.1) is 12.3 Å². The van der Waals surface area contributed by atoms with Gasteiger partial charge in [-0.25, -0.2) is 0 Å². The van der Waals surface area contributed by atoms with Crippen molar-refractivity contribution in [1.82, 2.24) is 10.2 Å². The molecule has 0 aromatic heterocycles. The van der Waals surface area contributed by atoms with Crippen LogP contribution < -0.4 is 14.8 Å². The van der Waals surface area contributed by atoms with Gasteiger partial charge in [0.2, 0.25) is 11.8 Å². The zero-order valence-electron chi connectivity index (χ0n) is 12.5. The van der Waals surface area contributed by atoms with Gasteiger partial charge in [-0.3, -0.25) is 9.59 Å². The Labute approximate surface area is 138 Å². The molecule has 0 aliphatic carbocycles. The van der Waals surface area contributed by atoms with E-state index in [2.05, 4.69) is 5.32 Å². The van der Waals surface area contributed by atoms with Gasteiger partial charge in [0, 0.05) is 36.6 Å². The molecule has 2 amide bonds. The van der Waals surface area contributed by atoms with Crippen LogP contribution in [-0.2, 0) is 16.0 Å². The number of ether oxygens (including phenoxy) is 2. The quantitative estimate of drug-likeness (QED) is 0.869. The number of amides is 2. The first-order valence-electron chi connectivity index (χ1n) is 7.75. The van der Waals surface area contributed by atoms with Crippen molar-refractivity contribution >= 4 is 23.4 Å². The second kappa shape index (κ2) is 5.60. The summed E-state index contributed by atoms with van der Waals surface area (Å²) >= 11 is 6.26. The summed E-state index contributed by atoms with van der Waals surface area (Å²) in [4.78, 5) is 26.0. The normalized spacial score (nSPS) is 25.3. The molecule has 3 heterocycles. The summed E-state index contributed by atoms with van der Waals surface area (Å²) in [7, 11) is 0. The Morgan fingerprint density at radius 3 is 2.74 bits per heavy atom. The molecule has 0 bridgehead atoms. The van der Waals surface area contributed by atoms with Gasteiger partial charge in [-0.1, -0.05) is 11.6 Å². The molecule has 3 aliphatic rings. The van der Waals surface area contributed by atoms with Crippen LogP contribution in [0.3, 0.4) is 0 Å². The fourth-order valence-electron chi connectivity index (χ4n) is 3.46. The molecule has 2 saturated heterocycles. The summed E-state index contributed by atoms with van der Waals surface area (Å²) in [6.07, 6.45) is 0.205. The molecular formula is C16H17ClN2O4. The van der Waals surface area contributed by atoms with E-state index >= 15 is 0 Å². The highest BCUT2D eigenvalue weighted by Gasteiger charge is 2.43. The van der Waals surface area contributed by atoms with Crippen LogP contribution in [0.25, 0.3) is 0 Å². The van der Waals surface area contributed by atoms with Crippen molar-refractivity contribution in [2.75, 3.05) is 32.8 Å². The number of hydrogen-bond donors (Lipinski definition) is 1. The van der Waals surface area contributed by atoms with E-state index in [1.54, 1.807) is 17.0 Å². The van der Waals surface area contributed by atoms with Crippen LogP contribution in [0, 0.1) is 11.8 Å². The molecule has 0 unspecified atom stereocenters. The van der Waals surface area contributed by atoms with Crippen LogP contribution in [0.15, 0.2) is 12.1 Å². The van der Waals surface area contributed by atoms with E-state index in [4.69, 9.17) is 21.1 Å². The second-order valence-electron chi connectivity index (χ2n) is 6.17. The summed E-state index contributed by atoms with van der Waals surface area (Å²) in [5.74, 6) is 1.47. The number of likely N-dealkylation sites (tertiary alicyclic amines) is 1. The zero-order valence-corrected chi connectivity index (χ0v) is 13.3. The summed E-state index contributed by atoms with van der Waals surface area (Å²) in [6, 6.07) is 3.48. The topological polar surface area (TPSA) is 67.9 Å². The Kier molecular flexibility index (Phi) is 3.56. The maximum absolute atomic E-state index is 12.5. The Balaban J connectivity index is 1.48. The lowest BCUT2D eigenvalue weighted by atomic mass is 10.0. The number of carbonyl (C=O) groups is 2. The minimum atomic E-state index is -0.0605. The number of fused-ring (bicyclic) bond motifs is 2. The summed E-state index contributed by atoms with van der Waals surface area (Å²) in [5.41, 5.74) is 0.724. The number of nitrogens with one attached hydrogen (secondary N) is 1. The fraction of sp³-hybridized carbons (Fsp3) is 0.500. The van der Waals surface area contributed by atoms with Crippen molar-refractivity contribution in [3.63, 3.8) is 0 Å². The number of benzene rings is 1. The molecule has 122 valence electrons. The number of nitrogens with zero attached hydrogens (tertiary/aromatic N) is 1. The molecule has 1 aromatic carbocycles. The highest BCUT2D eigenvalue weighted by Crippen LogP contribution is 2.36. The maximum atomic E-state index is 12.5. The van der Waals surface area contributed by atoms with Crippen molar-refractivity contribution in [2.45, 2.75) is 6.42 Å². The first-order chi connectivity index (χ1) is 11.1. The molecule has 1 N–H and O–H groups in total. The number of carbonyl (C=O) groups excluding carboxylic acids is 2. The lowest BCUT2D eigenvalue weighted by molar-refractivity contribution is -0.130. The SMILES string of the molecule is O=C1NC[C@H]2CN(C(=O)Cc3cc4c(cc3Cl)OCCO4)C[C@@H]12. The largest absolute Gasteiger partial charge is 0.486 e. The van der Waals surface area contributed by atoms with Gasteiger partial charge >= 0.3 is 0 Å². The number of halogens is 1. The third kappa shape index (κ3) is 2.61. The molecule has 2 atom stereocenters. The van der Waals surface area contributed by atoms with E-state index in [0.29, 0.717) is 49.4 Å². The van der Waals surface area contributed by atoms with E-state index in [1.807, 2.05) is 0 Å². The smallest absolute Gasteiger partial charge is 0.227 e. The molecule has 0 spiro atoms. The molecule has 0 radical (unpaired) electrons. The van der Waals surface area contributed by atoms with Gasteiger partial charge in [0.1, 0.15) is 13.2 Å². The standard InChI is InChI=1S/C16H17ClN2O4/c17-12-5-14-13(22-1-2-23-14)3-9(12)4-15(20)19-7-10-6-18-16(21)11(10)8-19/h3,5,10-11H,1-2,4,6-8H2,(H,18,21)/t10-,11+/m0/s1. The molecule has 4 rings (SSSR count). The van der Waals surface area contributed by atoms with Crippen LogP contribution in [0.1, 0.15) is 5.56 Å². The lowest BCUT2D eigenvalue weighted by Crippen LogP contribution is -2.34. The lowest BCUT2D eigenvalue weighted by Gasteiger charge is -2.21. The molecule has 6 nitrogen and oxygen atoms in total. The van der Waals surface area contributed by atoms with Crippen molar-refractivity contribution < 1.29 is 19.1 Å². The highest BCUT2D eigenvalue weighted by molar-refractivity contribution is 6.31. The molecule has 2 fully saturated rings. The Morgan fingerprint density at radius 2 is 2.00 bits per heavy atom. The number of hydrogen-bond acceptors (Lipinski definition) is 4. The van der Waals surface area contributed by atoms with Crippen molar-refractivity contribution in [3.05, 3.63) is 22.7 Å². The maximum Gasteiger partial charge on any atom is 0.227 e. The van der Waals surface area contributed by atoms with Gasteiger partial charge in [-0.05, 0) is 11.6 Å². The second-order valence-corrected chi connectivity index (χ2v) is 6.58. The van der Waals surface area contributed by atoms with Gasteiger partial charge in [0.25, 0.3) is 0 Å². The summed E-state index contributed by atoms with van der Waals surface area (Å²) in [5, 5.41) is 3.35. The predicted molar refractivity (Wildman–Crippen MR) is 82.7 cm³/mol. The Hall–Kier alpha value is -1.95. The van der Waals surface area contributed by atoms with E-state index in [0.717, 1.165) is 5.56 Å². The minimum Gasteiger partial charge on any atom is -0.486 e. The number of rotatable bonds is 2. The monoisotopic (exact) mass is 336 g/mol. The Morgan fingerprint density at radius 1 is 1.26 bits per heavy atom. The van der Waals surface area contributed by atoms with E-state index in [9.17, 15) is 9.59 Å². The van der Waals surface area contributed by atoms with Gasteiger partial charge in [0.15, 0.2) is 11.5 Å². The molecule has 3 aliphatic heterocycles. The molecule has 0 saturated carbocycles. The molecule has 1 aromatic rings. The zero-order chi connectivity index (χ0) is 16.0. The third-order valence-corrected chi connectivity index (χ3v) is 5.07. The van der Waals surface area contributed by atoms with E-state index in [1.165, 1.54) is 0 Å². The predicted octanol–water partition coefficient (Wildman–Crippen LogP) is 0.858. The van der Waals surface area contributed by atoms with Crippen LogP contribution in [0.2, 0.25) is 5.02 Å². The first kappa shape index (κ1) is 14.6. The van der Waals surface area contributed by atoms with Crippen molar-refractivity contribution in [2.24, 2.45) is 11.8 Å². The third-order valence-electron chi connectivity index (χ3n) is 4.72. The average molecular weight is 337 g/mol. The average Bonchev–Trinajstić information content (AvgIpc) is 3.10. The van der Waals surface area contributed by atoms with E-state index < -0.39 is 0 Å². The van der Waals surface area contributed by atoms with Crippen LogP contribution in [0.4, 0.5) is 0 Å². The summed E-state index contributed by atoms with van der Waals surface area (Å²) in [6.45, 7) is 2.78. The van der Waals surface area contributed by atoms with Crippen molar-refractivity contribution in [1.29, 1.82) is 0 Å². The van der Waals surface area contributed by atoms with Crippen LogP contribution in [-0.4, -0.2) is 49.6 Å². The summed E-state index contributed by atoms with van der Waals surface area (Å²) < 4.78 is 11.0. The van der Waals surface area contributed by atoms with Gasteiger partial charge < -0.3 is 19.7 Å². The van der Waals surface area contributed by atoms with Crippen LogP contribution in [0.5, 0.6) is 11.5 Å². The van der Waals surface area contributed by atoms with Crippen molar-refractivity contribution in [3.8, 4) is 11.5 Å². The first-order valence-corrected chi connectivity index (χ1v) is 8.13. The minimum absolute atomic E-state index is 0.00854. The molecular weight excluding hydrogens is 320 g/mol. The Bertz CT molecular complexity index is 678. The fourth-order valence-corrected chi connectivity index (χ4v) is 3.68. The van der Waals surface area contributed by atoms with Gasteiger partial charge in [-0.2, -0.15) is 0 Å². The van der Waals surface area contributed by atoms with E-state index in [-0.39, 0.29) is 30.1 Å². The van der Waals surface area contributed by atoms with Gasteiger partial charge in [-0.15, -0.1) is 0 Å². The van der Waals surface area contributed by atoms with Crippen LogP contribution >= 0.6 is 11.6 Å². The molecule has 7 heteroatoms. The highest BCUT2D eigenvalue weighted by atomic mass is 35.5.